The molecule has 1 aromatic heterocycles. The smallest absolute Gasteiger partial charge is 0.456 e. The Morgan fingerprint density at radius 2 is 1.96 bits per heavy atom. The molecule has 0 saturated carbocycles. The topological polar surface area (TPSA) is 115 Å². The van der Waals surface area contributed by atoms with Crippen molar-refractivity contribution in [3.63, 3.8) is 0 Å². The summed E-state index contributed by atoms with van der Waals surface area (Å²) in [5.74, 6) is -9.27. The van der Waals surface area contributed by atoms with Crippen molar-refractivity contribution in [3.05, 3.63) is 18.0 Å². The molecule has 134 valence electrons. The number of hydrogen-bond acceptors (Lipinski definition) is 6. The van der Waals surface area contributed by atoms with Crippen LogP contribution < -0.4 is 15.8 Å². The molecule has 0 aliphatic heterocycles. The fourth-order valence-electron chi connectivity index (χ4n) is 1.25. The molecule has 0 aromatic carbocycles. The number of nitrogens with one attached hydrogen (secondary N) is 1. The largest absolute Gasteiger partial charge is 0.503 e. The van der Waals surface area contributed by atoms with Crippen molar-refractivity contribution in [2.45, 2.75) is 25.1 Å². The standard InChI is InChI=1S/C12H12F5N3O4/c1-5(18)9(22)20-10(23)7-8(21)6(2-3-19-7)24-4-11(13,14)12(15,16)17/h2-3,5,21H,4,18H2,1H3,(H,20,22,23)/t5-/m0/s1. The highest BCUT2D eigenvalue weighted by molar-refractivity contribution is 6.06. The minimum absolute atomic E-state index is 0.770. The van der Waals surface area contributed by atoms with E-state index in [1.54, 1.807) is 5.32 Å². The van der Waals surface area contributed by atoms with Crippen LogP contribution in [0.2, 0.25) is 0 Å². The summed E-state index contributed by atoms with van der Waals surface area (Å²) in [4.78, 5) is 26.4. The SMILES string of the molecule is C[C@H](N)C(=O)NC(=O)c1nccc(OCC(F)(F)C(F)(F)F)c1O. The Morgan fingerprint density at radius 3 is 2.46 bits per heavy atom. The average Bonchev–Trinajstić information content (AvgIpc) is 2.44. The van der Waals surface area contributed by atoms with E-state index in [-0.39, 0.29) is 0 Å². The molecule has 1 aromatic rings. The van der Waals surface area contributed by atoms with Gasteiger partial charge in [-0.2, -0.15) is 22.0 Å². The number of nitrogens with zero attached hydrogens (tertiary/aromatic N) is 1. The number of rotatable bonds is 5. The van der Waals surface area contributed by atoms with Crippen molar-refractivity contribution < 1.29 is 41.4 Å². The second-order valence-electron chi connectivity index (χ2n) is 4.60. The number of ether oxygens (including phenoxy) is 1. The van der Waals surface area contributed by atoms with Crippen molar-refractivity contribution in [3.8, 4) is 11.5 Å². The highest BCUT2D eigenvalue weighted by Gasteiger charge is 2.58. The Labute approximate surface area is 131 Å². The highest BCUT2D eigenvalue weighted by atomic mass is 19.4. The number of aromatic hydroxyl groups is 1. The van der Waals surface area contributed by atoms with Crippen molar-refractivity contribution >= 4 is 11.8 Å². The van der Waals surface area contributed by atoms with Gasteiger partial charge in [-0.25, -0.2) is 4.98 Å². The van der Waals surface area contributed by atoms with E-state index in [2.05, 4.69) is 9.72 Å². The van der Waals surface area contributed by atoms with Gasteiger partial charge in [0.1, 0.15) is 0 Å². The highest BCUT2D eigenvalue weighted by Crippen LogP contribution is 2.37. The third-order valence-electron chi connectivity index (χ3n) is 2.58. The van der Waals surface area contributed by atoms with Crippen LogP contribution in [-0.4, -0.2) is 46.7 Å². The van der Waals surface area contributed by atoms with Gasteiger partial charge in [-0.1, -0.05) is 0 Å². The number of carbonyl (C=O) groups excluding carboxylic acids is 2. The lowest BCUT2D eigenvalue weighted by Crippen LogP contribution is -2.42. The van der Waals surface area contributed by atoms with Gasteiger partial charge in [-0.3, -0.25) is 14.9 Å². The Bertz CT molecular complexity index is 634. The number of imide groups is 1. The minimum Gasteiger partial charge on any atom is -0.503 e. The Morgan fingerprint density at radius 1 is 1.38 bits per heavy atom. The average molecular weight is 357 g/mol. The van der Waals surface area contributed by atoms with Crippen LogP contribution in [0, 0.1) is 0 Å². The van der Waals surface area contributed by atoms with E-state index in [1.165, 1.54) is 6.92 Å². The molecular formula is C12H12F5N3O4. The molecule has 0 radical (unpaired) electrons. The lowest BCUT2D eigenvalue weighted by molar-refractivity contribution is -0.290. The monoisotopic (exact) mass is 357 g/mol. The molecule has 12 heteroatoms. The quantitative estimate of drug-likeness (QED) is 0.677. The molecular weight excluding hydrogens is 345 g/mol. The maximum atomic E-state index is 12.8. The number of amides is 2. The van der Waals surface area contributed by atoms with Gasteiger partial charge in [0, 0.05) is 12.3 Å². The van der Waals surface area contributed by atoms with E-state index < -0.39 is 53.8 Å². The summed E-state index contributed by atoms with van der Waals surface area (Å²) in [5, 5.41) is 11.4. The van der Waals surface area contributed by atoms with Crippen molar-refractivity contribution in [2.75, 3.05) is 6.61 Å². The van der Waals surface area contributed by atoms with Crippen LogP contribution in [0.15, 0.2) is 12.3 Å². The van der Waals surface area contributed by atoms with E-state index in [1.807, 2.05) is 0 Å². The summed E-state index contributed by atoms with van der Waals surface area (Å²) < 4.78 is 65.9. The van der Waals surface area contributed by atoms with Crippen molar-refractivity contribution in [2.24, 2.45) is 5.73 Å². The third kappa shape index (κ3) is 4.50. The van der Waals surface area contributed by atoms with E-state index in [0.29, 0.717) is 0 Å². The van der Waals surface area contributed by atoms with Gasteiger partial charge in [0.05, 0.1) is 6.04 Å². The maximum absolute atomic E-state index is 12.8. The molecule has 0 bridgehead atoms. The van der Waals surface area contributed by atoms with Crippen molar-refractivity contribution in [1.29, 1.82) is 0 Å². The number of pyridine rings is 1. The Hall–Kier alpha value is -2.50. The van der Waals surface area contributed by atoms with E-state index in [0.717, 1.165) is 12.3 Å². The zero-order chi connectivity index (χ0) is 18.7. The zero-order valence-electron chi connectivity index (χ0n) is 12.0. The van der Waals surface area contributed by atoms with Gasteiger partial charge in [-0.15, -0.1) is 0 Å². The van der Waals surface area contributed by atoms with Crippen LogP contribution in [0.25, 0.3) is 0 Å². The first-order valence-corrected chi connectivity index (χ1v) is 6.23. The summed E-state index contributed by atoms with van der Waals surface area (Å²) in [7, 11) is 0. The molecule has 0 aliphatic carbocycles. The van der Waals surface area contributed by atoms with Crippen LogP contribution in [0.3, 0.4) is 0 Å². The van der Waals surface area contributed by atoms with Gasteiger partial charge < -0.3 is 15.6 Å². The van der Waals surface area contributed by atoms with Crippen LogP contribution in [0.4, 0.5) is 22.0 Å². The van der Waals surface area contributed by atoms with Crippen molar-refractivity contribution in [1.82, 2.24) is 10.3 Å². The predicted molar refractivity (Wildman–Crippen MR) is 68.5 cm³/mol. The zero-order valence-corrected chi connectivity index (χ0v) is 12.0. The van der Waals surface area contributed by atoms with Crippen LogP contribution in [0.1, 0.15) is 17.4 Å². The number of aromatic nitrogens is 1. The number of halogens is 5. The normalized spacial score (nSPS) is 13.3. The van der Waals surface area contributed by atoms with E-state index >= 15 is 0 Å². The molecule has 7 nitrogen and oxygen atoms in total. The second-order valence-corrected chi connectivity index (χ2v) is 4.60. The fourth-order valence-corrected chi connectivity index (χ4v) is 1.25. The van der Waals surface area contributed by atoms with Crippen LogP contribution in [-0.2, 0) is 4.79 Å². The molecule has 0 fully saturated rings. The van der Waals surface area contributed by atoms with E-state index in [4.69, 9.17) is 5.73 Å². The fraction of sp³-hybridized carbons (Fsp3) is 0.417. The molecule has 0 aliphatic rings. The molecule has 0 spiro atoms. The second kappa shape index (κ2) is 6.95. The molecule has 4 N–H and O–H groups in total. The summed E-state index contributed by atoms with van der Waals surface area (Å²) in [6, 6.07) is -0.299. The number of alkyl halides is 5. The third-order valence-corrected chi connectivity index (χ3v) is 2.58. The van der Waals surface area contributed by atoms with Gasteiger partial charge in [-0.05, 0) is 6.92 Å². The number of nitrogens with two attached hydrogens (primary N) is 1. The lowest BCUT2D eigenvalue weighted by atomic mass is 10.2. The molecule has 1 atom stereocenters. The van der Waals surface area contributed by atoms with Gasteiger partial charge in [0.15, 0.2) is 23.8 Å². The summed E-state index contributed by atoms with van der Waals surface area (Å²) in [6.45, 7) is -0.859. The van der Waals surface area contributed by atoms with Gasteiger partial charge in [0.25, 0.3) is 5.91 Å². The molecule has 0 saturated heterocycles. The Balaban J connectivity index is 2.94. The number of carbonyl (C=O) groups is 2. The summed E-state index contributed by atoms with van der Waals surface area (Å²) in [5.41, 5.74) is 4.40. The molecule has 2 amide bonds. The first kappa shape index (κ1) is 19.5. The summed E-state index contributed by atoms with van der Waals surface area (Å²) >= 11 is 0. The number of hydrogen-bond donors (Lipinski definition) is 3. The molecule has 1 rings (SSSR count). The molecule has 24 heavy (non-hydrogen) atoms. The lowest BCUT2D eigenvalue weighted by Gasteiger charge is -2.20. The predicted octanol–water partition coefficient (Wildman–Crippen LogP) is 0.967. The molecule has 1 heterocycles. The van der Waals surface area contributed by atoms with Crippen LogP contribution >= 0.6 is 0 Å². The van der Waals surface area contributed by atoms with Gasteiger partial charge >= 0.3 is 12.1 Å². The van der Waals surface area contributed by atoms with Gasteiger partial charge in [0.2, 0.25) is 5.91 Å². The minimum atomic E-state index is -5.85. The maximum Gasteiger partial charge on any atom is 0.456 e. The summed E-state index contributed by atoms with van der Waals surface area (Å²) in [6.07, 6.45) is -5.04. The Kier molecular flexibility index (Phi) is 5.66. The van der Waals surface area contributed by atoms with E-state index in [9.17, 15) is 36.6 Å². The first-order valence-electron chi connectivity index (χ1n) is 6.23. The first-order chi connectivity index (χ1) is 10.9. The molecule has 0 unspecified atom stereocenters. The van der Waals surface area contributed by atoms with Crippen LogP contribution in [0.5, 0.6) is 11.5 Å².